The number of benzene rings is 1. The summed E-state index contributed by atoms with van der Waals surface area (Å²) in [5, 5.41) is 5.26. The van der Waals surface area contributed by atoms with Gasteiger partial charge in [0.05, 0.1) is 12.2 Å². The molecule has 1 saturated heterocycles. The number of aromatic nitrogens is 5. The van der Waals surface area contributed by atoms with Crippen LogP contribution in [0.25, 0.3) is 11.3 Å². The van der Waals surface area contributed by atoms with Gasteiger partial charge in [0.25, 0.3) is 0 Å². The SMILES string of the molecule is CC(C)c1cnc2c(N(Cc3ccccc3-n3cccn3)C(=O)OC(C)(C)C)nc(SC3CCCN(C(=O)OC(C)(C)C)C3)cn12. The number of ether oxygens (including phenoxy) is 2. The molecule has 5 rings (SSSR count). The van der Waals surface area contributed by atoms with E-state index in [0.717, 1.165) is 34.8 Å². The van der Waals surface area contributed by atoms with Crippen LogP contribution in [0.15, 0.2) is 60.1 Å². The molecule has 4 aromatic rings. The Hall–Kier alpha value is -4.06. The number of nitrogens with zero attached hydrogens (tertiary/aromatic N) is 7. The number of amides is 2. The van der Waals surface area contributed by atoms with Gasteiger partial charge in [0.15, 0.2) is 11.5 Å². The number of anilines is 1. The summed E-state index contributed by atoms with van der Waals surface area (Å²) in [6, 6.07) is 9.69. The molecule has 246 valence electrons. The van der Waals surface area contributed by atoms with E-state index in [1.54, 1.807) is 32.4 Å². The summed E-state index contributed by atoms with van der Waals surface area (Å²) in [7, 11) is 0. The summed E-state index contributed by atoms with van der Waals surface area (Å²) in [4.78, 5) is 40.1. The number of likely N-dealkylation sites (tertiary alicyclic amines) is 1. The maximum atomic E-state index is 14.0. The van der Waals surface area contributed by atoms with Crippen molar-refractivity contribution in [2.45, 2.75) is 102 Å². The van der Waals surface area contributed by atoms with E-state index in [1.807, 2.05) is 94.9 Å². The smallest absolute Gasteiger partial charge is 0.416 e. The second-order valence-corrected chi connectivity index (χ2v) is 15.2. The predicted octanol–water partition coefficient (Wildman–Crippen LogP) is 7.47. The van der Waals surface area contributed by atoms with E-state index in [4.69, 9.17) is 19.4 Å². The van der Waals surface area contributed by atoms with Crippen molar-refractivity contribution >= 4 is 35.4 Å². The van der Waals surface area contributed by atoms with Gasteiger partial charge in [-0.3, -0.25) is 9.30 Å². The Morgan fingerprint density at radius 3 is 2.48 bits per heavy atom. The average molecular weight is 648 g/mol. The van der Waals surface area contributed by atoms with Crippen molar-refractivity contribution in [3.8, 4) is 5.69 Å². The fourth-order valence-electron chi connectivity index (χ4n) is 5.32. The highest BCUT2D eigenvalue weighted by molar-refractivity contribution is 7.99. The highest BCUT2D eigenvalue weighted by Crippen LogP contribution is 2.34. The van der Waals surface area contributed by atoms with Crippen LogP contribution in [0.4, 0.5) is 15.4 Å². The van der Waals surface area contributed by atoms with E-state index in [2.05, 4.69) is 18.9 Å². The van der Waals surface area contributed by atoms with E-state index < -0.39 is 17.3 Å². The number of fused-ring (bicyclic) bond motifs is 1. The predicted molar refractivity (Wildman–Crippen MR) is 180 cm³/mol. The van der Waals surface area contributed by atoms with Crippen molar-refractivity contribution in [1.82, 2.24) is 29.0 Å². The molecule has 4 heterocycles. The third-order valence-electron chi connectivity index (χ3n) is 7.33. The third kappa shape index (κ3) is 8.01. The fourth-order valence-corrected chi connectivity index (χ4v) is 6.51. The minimum atomic E-state index is -0.731. The molecule has 1 aliphatic heterocycles. The molecule has 0 saturated carbocycles. The van der Waals surface area contributed by atoms with Crippen LogP contribution in [0.1, 0.15) is 85.4 Å². The van der Waals surface area contributed by atoms with Crippen molar-refractivity contribution < 1.29 is 19.1 Å². The first kappa shape index (κ1) is 33.3. The summed E-state index contributed by atoms with van der Waals surface area (Å²) in [6.45, 7) is 16.8. The molecule has 1 fully saturated rings. The zero-order valence-electron chi connectivity index (χ0n) is 28.1. The molecule has 46 heavy (non-hydrogen) atoms. The van der Waals surface area contributed by atoms with E-state index >= 15 is 0 Å². The molecular weight excluding hydrogens is 602 g/mol. The third-order valence-corrected chi connectivity index (χ3v) is 8.49. The van der Waals surface area contributed by atoms with Gasteiger partial charge in [-0.1, -0.05) is 43.8 Å². The maximum absolute atomic E-state index is 14.0. The topological polar surface area (TPSA) is 107 Å². The quantitative estimate of drug-likeness (QED) is 0.203. The van der Waals surface area contributed by atoms with Gasteiger partial charge in [-0.15, -0.1) is 0 Å². The van der Waals surface area contributed by atoms with Crippen LogP contribution in [0.2, 0.25) is 0 Å². The molecule has 0 aliphatic carbocycles. The van der Waals surface area contributed by atoms with Gasteiger partial charge in [-0.05, 0) is 78.0 Å². The number of carbonyl (C=O) groups excluding carboxylic acids is 2. The number of hydrogen-bond acceptors (Lipinski definition) is 8. The number of piperidine rings is 1. The molecule has 0 bridgehead atoms. The highest BCUT2D eigenvalue weighted by atomic mass is 32.2. The van der Waals surface area contributed by atoms with Gasteiger partial charge in [0, 0.05) is 48.8 Å². The van der Waals surface area contributed by atoms with Crippen molar-refractivity contribution in [2.75, 3.05) is 18.0 Å². The standard InChI is InChI=1S/C34H45N7O4S/c1-23(2)27-19-35-29-30(37-28(22-39(27)29)46-25-14-11-17-38(21-25)31(42)44-33(3,4)5)40(32(43)45-34(6,7)8)20-24-13-9-10-15-26(24)41-18-12-16-36-41/h9-10,12-13,15-16,18-19,22-23,25H,11,14,17,20-21H2,1-8H3. The molecule has 0 spiro atoms. The van der Waals surface area contributed by atoms with Crippen LogP contribution in [0, 0.1) is 0 Å². The highest BCUT2D eigenvalue weighted by Gasteiger charge is 2.31. The Labute approximate surface area is 275 Å². The summed E-state index contributed by atoms with van der Waals surface area (Å²) >= 11 is 1.60. The molecule has 1 aromatic carbocycles. The molecule has 1 aliphatic rings. The van der Waals surface area contributed by atoms with Crippen LogP contribution in [-0.2, 0) is 16.0 Å². The molecule has 0 N–H and O–H groups in total. The number of thioether (sulfide) groups is 1. The number of carbonyl (C=O) groups is 2. The van der Waals surface area contributed by atoms with Crippen LogP contribution < -0.4 is 4.90 Å². The molecule has 1 atom stereocenters. The van der Waals surface area contributed by atoms with Crippen LogP contribution >= 0.6 is 11.8 Å². The Morgan fingerprint density at radius 1 is 1.07 bits per heavy atom. The molecule has 3 aromatic heterocycles. The summed E-state index contributed by atoms with van der Waals surface area (Å²) in [5.41, 5.74) is 1.99. The second-order valence-electron chi connectivity index (χ2n) is 13.9. The van der Waals surface area contributed by atoms with E-state index in [-0.39, 0.29) is 23.8 Å². The van der Waals surface area contributed by atoms with Crippen molar-refractivity contribution in [2.24, 2.45) is 0 Å². The van der Waals surface area contributed by atoms with Crippen LogP contribution in [-0.4, -0.2) is 70.8 Å². The van der Waals surface area contributed by atoms with Crippen LogP contribution in [0.5, 0.6) is 0 Å². The first-order valence-electron chi connectivity index (χ1n) is 15.8. The number of hydrogen-bond donors (Lipinski definition) is 0. The second kappa shape index (κ2) is 13.4. The fraction of sp³-hybridized carbons (Fsp3) is 0.500. The Balaban J connectivity index is 1.56. The van der Waals surface area contributed by atoms with E-state index in [0.29, 0.717) is 24.6 Å². The lowest BCUT2D eigenvalue weighted by atomic mass is 10.1. The van der Waals surface area contributed by atoms with Gasteiger partial charge < -0.3 is 14.4 Å². The monoisotopic (exact) mass is 647 g/mol. The van der Waals surface area contributed by atoms with E-state index in [9.17, 15) is 9.59 Å². The lowest BCUT2D eigenvalue weighted by Gasteiger charge is -2.33. The first-order valence-corrected chi connectivity index (χ1v) is 16.7. The minimum Gasteiger partial charge on any atom is -0.444 e. The van der Waals surface area contributed by atoms with Crippen molar-refractivity contribution in [3.63, 3.8) is 0 Å². The van der Waals surface area contributed by atoms with Crippen molar-refractivity contribution in [3.05, 3.63) is 66.4 Å². The minimum absolute atomic E-state index is 0.0978. The van der Waals surface area contributed by atoms with Gasteiger partial charge in [-0.25, -0.2) is 24.2 Å². The molecule has 11 nitrogen and oxygen atoms in total. The van der Waals surface area contributed by atoms with E-state index in [1.165, 1.54) is 0 Å². The Kier molecular flexibility index (Phi) is 9.67. The average Bonchev–Trinajstić information content (AvgIpc) is 3.65. The summed E-state index contributed by atoms with van der Waals surface area (Å²) < 4.78 is 15.4. The molecular formula is C34H45N7O4S. The number of para-hydroxylation sites is 1. The van der Waals surface area contributed by atoms with Gasteiger partial charge >= 0.3 is 12.2 Å². The molecule has 0 radical (unpaired) electrons. The zero-order chi connectivity index (χ0) is 33.2. The molecule has 1 unspecified atom stereocenters. The number of rotatable bonds is 7. The van der Waals surface area contributed by atoms with Gasteiger partial charge in [0.1, 0.15) is 16.2 Å². The summed E-state index contributed by atoms with van der Waals surface area (Å²) in [6.07, 6.45) is 8.39. The Morgan fingerprint density at radius 2 is 1.80 bits per heavy atom. The first-order chi connectivity index (χ1) is 21.7. The maximum Gasteiger partial charge on any atom is 0.416 e. The van der Waals surface area contributed by atoms with Gasteiger partial charge in [-0.2, -0.15) is 5.10 Å². The lowest BCUT2D eigenvalue weighted by molar-refractivity contribution is 0.0220. The normalized spacial score (nSPS) is 15.8. The molecule has 12 heteroatoms. The van der Waals surface area contributed by atoms with Crippen LogP contribution in [0.3, 0.4) is 0 Å². The lowest BCUT2D eigenvalue weighted by Crippen LogP contribution is -2.43. The zero-order valence-corrected chi connectivity index (χ0v) is 28.9. The molecule has 2 amide bonds. The Bertz CT molecular complexity index is 1670. The van der Waals surface area contributed by atoms with Crippen molar-refractivity contribution in [1.29, 1.82) is 0 Å². The summed E-state index contributed by atoms with van der Waals surface area (Å²) in [5.74, 6) is 0.581. The largest absolute Gasteiger partial charge is 0.444 e. The number of imidazole rings is 1. The van der Waals surface area contributed by atoms with Gasteiger partial charge in [0.2, 0.25) is 0 Å².